The van der Waals surface area contributed by atoms with Gasteiger partial charge >= 0.3 is 12.3 Å². The smallest absolute Gasteiger partial charge is 0.415 e. The molecule has 0 fully saturated rings. The van der Waals surface area contributed by atoms with E-state index in [0.717, 1.165) is 12.1 Å². The van der Waals surface area contributed by atoms with Crippen molar-refractivity contribution >= 4 is 11.9 Å². The van der Waals surface area contributed by atoms with Gasteiger partial charge in [0.1, 0.15) is 5.76 Å². The van der Waals surface area contributed by atoms with Gasteiger partial charge < -0.3 is 10.1 Å². The summed E-state index contributed by atoms with van der Waals surface area (Å²) in [6, 6.07) is 3.46. The van der Waals surface area contributed by atoms with Gasteiger partial charge in [-0.05, 0) is 31.5 Å². The highest BCUT2D eigenvalue weighted by molar-refractivity contribution is 5.97. The van der Waals surface area contributed by atoms with Gasteiger partial charge in [0, 0.05) is 0 Å². The van der Waals surface area contributed by atoms with Crippen molar-refractivity contribution in [3.63, 3.8) is 0 Å². The van der Waals surface area contributed by atoms with Crippen molar-refractivity contribution in [2.75, 3.05) is 0 Å². The van der Waals surface area contributed by atoms with Crippen LogP contribution in [0.25, 0.3) is 0 Å². The van der Waals surface area contributed by atoms with Crippen molar-refractivity contribution in [1.29, 1.82) is 0 Å². The van der Waals surface area contributed by atoms with E-state index in [1.807, 2.05) is 0 Å². The molecule has 4 nitrogen and oxygen atoms in total. The molecule has 1 aliphatic rings. The third-order valence-corrected chi connectivity index (χ3v) is 3.13. The zero-order chi connectivity index (χ0) is 15.8. The largest absolute Gasteiger partial charge is 0.416 e. The van der Waals surface area contributed by atoms with Gasteiger partial charge in [-0.15, -0.1) is 0 Å². The molecule has 7 heteroatoms. The number of hydrogen-bond donors (Lipinski definition) is 1. The molecule has 112 valence electrons. The van der Waals surface area contributed by atoms with Crippen LogP contribution in [0.15, 0.2) is 35.6 Å². The summed E-state index contributed by atoms with van der Waals surface area (Å²) in [4.78, 5) is 23.0. The molecule has 1 unspecified atom stereocenters. The number of amides is 1. The topological polar surface area (TPSA) is 55.4 Å². The zero-order valence-electron chi connectivity index (χ0n) is 11.2. The summed E-state index contributed by atoms with van der Waals surface area (Å²) >= 11 is 0. The highest BCUT2D eigenvalue weighted by atomic mass is 19.4. The first-order valence-corrected chi connectivity index (χ1v) is 6.07. The molecule has 1 heterocycles. The molecular formula is C14H12F3NO3. The van der Waals surface area contributed by atoms with Crippen LogP contribution in [0.2, 0.25) is 0 Å². The Bertz CT molecular complexity index is 617. The van der Waals surface area contributed by atoms with E-state index >= 15 is 0 Å². The number of halogens is 3. The predicted molar refractivity (Wildman–Crippen MR) is 67.2 cm³/mol. The van der Waals surface area contributed by atoms with Gasteiger partial charge in [-0.3, -0.25) is 4.79 Å². The SMILES string of the molecule is CC(=O)C1=C(C)OC(=O)NC1c1ccc(C(F)(F)F)cc1. The third kappa shape index (κ3) is 3.07. The van der Waals surface area contributed by atoms with Crippen LogP contribution < -0.4 is 5.32 Å². The summed E-state index contributed by atoms with van der Waals surface area (Å²) < 4.78 is 42.4. The Balaban J connectivity index is 2.42. The normalized spacial score (nSPS) is 19.1. The molecule has 1 atom stereocenters. The minimum Gasteiger partial charge on any atom is -0.415 e. The third-order valence-electron chi connectivity index (χ3n) is 3.13. The number of hydrogen-bond acceptors (Lipinski definition) is 3. The molecule has 0 spiro atoms. The van der Waals surface area contributed by atoms with Crippen LogP contribution >= 0.6 is 0 Å². The molecule has 1 N–H and O–H groups in total. The fourth-order valence-electron chi connectivity index (χ4n) is 2.18. The average molecular weight is 299 g/mol. The molecule has 1 aromatic rings. The first-order chi connectivity index (χ1) is 9.70. The number of alkyl carbamates (subject to hydrolysis) is 1. The van der Waals surface area contributed by atoms with Gasteiger partial charge in [0.2, 0.25) is 0 Å². The fraction of sp³-hybridized carbons (Fsp3) is 0.286. The van der Waals surface area contributed by atoms with E-state index in [4.69, 9.17) is 4.74 Å². The van der Waals surface area contributed by atoms with Crippen LogP contribution in [-0.4, -0.2) is 11.9 Å². The standard InChI is InChI=1S/C14H12F3NO3/c1-7(19)11-8(2)21-13(20)18-12(11)9-3-5-10(6-4-9)14(15,16)17/h3-6,12H,1-2H3,(H,18,20). The van der Waals surface area contributed by atoms with E-state index in [9.17, 15) is 22.8 Å². The highest BCUT2D eigenvalue weighted by Crippen LogP contribution is 2.33. The second kappa shape index (κ2) is 5.23. The summed E-state index contributed by atoms with van der Waals surface area (Å²) in [5.41, 5.74) is -0.201. The molecule has 0 saturated heterocycles. The Labute approximate surface area is 118 Å². The van der Waals surface area contributed by atoms with Gasteiger partial charge in [-0.1, -0.05) is 12.1 Å². The molecule has 2 rings (SSSR count). The maximum atomic E-state index is 12.5. The van der Waals surface area contributed by atoms with Crippen molar-refractivity contribution in [2.24, 2.45) is 0 Å². The molecule has 0 aromatic heterocycles. The number of allylic oxidation sites excluding steroid dienone is 1. The van der Waals surface area contributed by atoms with Crippen molar-refractivity contribution in [3.8, 4) is 0 Å². The summed E-state index contributed by atoms with van der Waals surface area (Å²) in [5, 5.41) is 2.43. The summed E-state index contributed by atoms with van der Waals surface area (Å²) in [7, 11) is 0. The summed E-state index contributed by atoms with van der Waals surface area (Å²) in [6.45, 7) is 2.77. The van der Waals surface area contributed by atoms with Crippen molar-refractivity contribution in [1.82, 2.24) is 5.32 Å². The number of cyclic esters (lactones) is 1. The van der Waals surface area contributed by atoms with Gasteiger partial charge in [0.15, 0.2) is 5.78 Å². The molecule has 1 aromatic carbocycles. The Kier molecular flexibility index (Phi) is 3.76. The quantitative estimate of drug-likeness (QED) is 0.911. The molecule has 1 aliphatic heterocycles. The number of rotatable bonds is 2. The van der Waals surface area contributed by atoms with Crippen molar-refractivity contribution < 1.29 is 27.5 Å². The second-order valence-electron chi connectivity index (χ2n) is 4.61. The van der Waals surface area contributed by atoms with Gasteiger partial charge in [0.25, 0.3) is 0 Å². The van der Waals surface area contributed by atoms with Gasteiger partial charge in [-0.2, -0.15) is 13.2 Å². The molecule has 21 heavy (non-hydrogen) atoms. The van der Waals surface area contributed by atoms with Crippen LogP contribution in [-0.2, 0) is 15.7 Å². The number of nitrogens with one attached hydrogen (secondary N) is 1. The highest BCUT2D eigenvalue weighted by Gasteiger charge is 2.33. The predicted octanol–water partition coefficient (Wildman–Crippen LogP) is 3.35. The van der Waals surface area contributed by atoms with Gasteiger partial charge in [0.05, 0.1) is 17.2 Å². The van der Waals surface area contributed by atoms with Crippen LogP contribution in [0, 0.1) is 0 Å². The number of Topliss-reactive ketones (excluding diaryl/α,β-unsaturated/α-hetero) is 1. The second-order valence-corrected chi connectivity index (χ2v) is 4.61. The van der Waals surface area contributed by atoms with E-state index in [0.29, 0.717) is 5.56 Å². The Morgan fingerprint density at radius 3 is 2.29 bits per heavy atom. The van der Waals surface area contributed by atoms with Gasteiger partial charge in [-0.25, -0.2) is 4.79 Å². The number of carbonyl (C=O) groups excluding carboxylic acids is 2. The first kappa shape index (κ1) is 15.1. The first-order valence-electron chi connectivity index (χ1n) is 6.07. The molecule has 0 radical (unpaired) electrons. The van der Waals surface area contributed by atoms with Crippen LogP contribution in [0.5, 0.6) is 0 Å². The van der Waals surface area contributed by atoms with Crippen LogP contribution in [0.1, 0.15) is 31.0 Å². The number of carbonyl (C=O) groups is 2. The van der Waals surface area contributed by atoms with E-state index in [-0.39, 0.29) is 17.1 Å². The minimum atomic E-state index is -4.44. The molecular weight excluding hydrogens is 287 g/mol. The summed E-state index contributed by atoms with van der Waals surface area (Å²) in [5.74, 6) is -0.173. The minimum absolute atomic E-state index is 0.149. The Hall–Kier alpha value is -2.31. The lowest BCUT2D eigenvalue weighted by molar-refractivity contribution is -0.137. The fourth-order valence-corrected chi connectivity index (χ4v) is 2.18. The van der Waals surface area contributed by atoms with Crippen molar-refractivity contribution in [3.05, 3.63) is 46.7 Å². The Morgan fingerprint density at radius 2 is 1.81 bits per heavy atom. The van der Waals surface area contributed by atoms with Crippen LogP contribution in [0.4, 0.5) is 18.0 Å². The monoisotopic (exact) mass is 299 g/mol. The number of ketones is 1. The molecule has 0 bridgehead atoms. The zero-order valence-corrected chi connectivity index (χ0v) is 11.2. The molecule has 0 aliphatic carbocycles. The van der Waals surface area contributed by atoms with E-state index in [1.54, 1.807) is 0 Å². The maximum absolute atomic E-state index is 12.5. The lowest BCUT2D eigenvalue weighted by atomic mass is 9.93. The van der Waals surface area contributed by atoms with E-state index in [2.05, 4.69) is 5.32 Å². The molecule has 0 saturated carbocycles. The number of benzene rings is 1. The maximum Gasteiger partial charge on any atom is 0.416 e. The molecule has 1 amide bonds. The van der Waals surface area contributed by atoms with Crippen LogP contribution in [0.3, 0.4) is 0 Å². The lowest BCUT2D eigenvalue weighted by Gasteiger charge is -2.27. The van der Waals surface area contributed by atoms with E-state index in [1.165, 1.54) is 26.0 Å². The van der Waals surface area contributed by atoms with Crippen molar-refractivity contribution in [2.45, 2.75) is 26.1 Å². The van der Waals surface area contributed by atoms with E-state index < -0.39 is 23.9 Å². The Morgan fingerprint density at radius 1 is 1.24 bits per heavy atom. The number of ether oxygens (including phenoxy) is 1. The number of alkyl halides is 3. The summed E-state index contributed by atoms with van der Waals surface area (Å²) in [6.07, 6.45) is -5.19. The average Bonchev–Trinajstić information content (AvgIpc) is 2.36. The lowest BCUT2D eigenvalue weighted by Crippen LogP contribution is -2.37.